The van der Waals surface area contributed by atoms with Crippen LogP contribution in [-0.4, -0.2) is 13.6 Å². The Labute approximate surface area is 115 Å². The first-order valence-electron chi connectivity index (χ1n) is 6.20. The fourth-order valence-electron chi connectivity index (χ4n) is 2.06. The SMILES string of the molecule is CN(c1cccc(F)c1)c1c(F)cc(CCN)cc1F. The molecule has 2 nitrogen and oxygen atoms in total. The van der Waals surface area contributed by atoms with Crippen molar-refractivity contribution in [2.75, 3.05) is 18.5 Å². The summed E-state index contributed by atoms with van der Waals surface area (Å²) in [4.78, 5) is 1.28. The van der Waals surface area contributed by atoms with Crippen molar-refractivity contribution in [2.45, 2.75) is 6.42 Å². The maximum Gasteiger partial charge on any atom is 0.150 e. The number of benzene rings is 2. The third-order valence-electron chi connectivity index (χ3n) is 3.04. The van der Waals surface area contributed by atoms with E-state index in [2.05, 4.69) is 0 Å². The van der Waals surface area contributed by atoms with Crippen LogP contribution in [0.4, 0.5) is 24.5 Å². The topological polar surface area (TPSA) is 29.3 Å². The minimum atomic E-state index is -0.694. The Bertz CT molecular complexity index is 591. The Balaban J connectivity index is 2.42. The van der Waals surface area contributed by atoms with Gasteiger partial charge in [0, 0.05) is 12.7 Å². The van der Waals surface area contributed by atoms with Gasteiger partial charge in [0.2, 0.25) is 0 Å². The lowest BCUT2D eigenvalue weighted by molar-refractivity contribution is 0.580. The normalized spacial score (nSPS) is 10.7. The minimum absolute atomic E-state index is 0.212. The molecule has 0 radical (unpaired) electrons. The minimum Gasteiger partial charge on any atom is -0.340 e. The molecule has 0 atom stereocenters. The van der Waals surface area contributed by atoms with E-state index in [4.69, 9.17) is 5.73 Å². The Kier molecular flexibility index (Phi) is 4.29. The average Bonchev–Trinajstić information content (AvgIpc) is 2.38. The van der Waals surface area contributed by atoms with Crippen LogP contribution in [-0.2, 0) is 6.42 Å². The van der Waals surface area contributed by atoms with Gasteiger partial charge in [0.1, 0.15) is 23.1 Å². The van der Waals surface area contributed by atoms with Gasteiger partial charge in [-0.3, -0.25) is 0 Å². The van der Waals surface area contributed by atoms with E-state index >= 15 is 0 Å². The Hall–Kier alpha value is -2.01. The summed E-state index contributed by atoms with van der Waals surface area (Å²) in [6, 6.07) is 8.05. The molecule has 20 heavy (non-hydrogen) atoms. The van der Waals surface area contributed by atoms with Gasteiger partial charge in [0.25, 0.3) is 0 Å². The van der Waals surface area contributed by atoms with Gasteiger partial charge in [-0.05, 0) is 48.9 Å². The van der Waals surface area contributed by atoms with Gasteiger partial charge in [-0.15, -0.1) is 0 Å². The summed E-state index contributed by atoms with van der Waals surface area (Å²) in [5.74, 6) is -1.85. The molecule has 2 N–H and O–H groups in total. The van der Waals surface area contributed by atoms with Crippen LogP contribution in [0, 0.1) is 17.5 Å². The number of halogens is 3. The van der Waals surface area contributed by atoms with Gasteiger partial charge in [-0.1, -0.05) is 6.07 Å². The Morgan fingerprint density at radius 1 is 1.05 bits per heavy atom. The van der Waals surface area contributed by atoms with E-state index in [-0.39, 0.29) is 5.69 Å². The van der Waals surface area contributed by atoms with E-state index in [1.807, 2.05) is 0 Å². The molecular weight excluding hydrogens is 265 g/mol. The highest BCUT2D eigenvalue weighted by atomic mass is 19.1. The number of nitrogens with zero attached hydrogens (tertiary/aromatic N) is 1. The molecule has 0 fully saturated rings. The molecule has 5 heteroatoms. The second-order valence-electron chi connectivity index (χ2n) is 4.49. The lowest BCUT2D eigenvalue weighted by atomic mass is 10.1. The smallest absolute Gasteiger partial charge is 0.150 e. The maximum absolute atomic E-state index is 14.1. The van der Waals surface area contributed by atoms with E-state index in [9.17, 15) is 13.2 Å². The predicted octanol–water partition coefficient (Wildman–Crippen LogP) is 3.37. The number of anilines is 2. The summed E-state index contributed by atoms with van der Waals surface area (Å²) in [5, 5.41) is 0. The molecule has 0 unspecified atom stereocenters. The molecule has 0 saturated carbocycles. The van der Waals surface area contributed by atoms with Crippen molar-refractivity contribution in [3.63, 3.8) is 0 Å². The largest absolute Gasteiger partial charge is 0.340 e. The second-order valence-corrected chi connectivity index (χ2v) is 4.49. The molecule has 0 amide bonds. The van der Waals surface area contributed by atoms with Crippen molar-refractivity contribution >= 4 is 11.4 Å². The van der Waals surface area contributed by atoms with Crippen LogP contribution < -0.4 is 10.6 Å². The fraction of sp³-hybridized carbons (Fsp3) is 0.200. The predicted molar refractivity (Wildman–Crippen MR) is 73.6 cm³/mol. The maximum atomic E-state index is 14.1. The quantitative estimate of drug-likeness (QED) is 0.930. The molecule has 106 valence electrons. The first-order valence-corrected chi connectivity index (χ1v) is 6.20. The summed E-state index contributed by atoms with van der Waals surface area (Å²) >= 11 is 0. The zero-order valence-corrected chi connectivity index (χ0v) is 11.0. The van der Waals surface area contributed by atoms with Gasteiger partial charge >= 0.3 is 0 Å². The molecule has 2 aromatic carbocycles. The van der Waals surface area contributed by atoms with E-state index in [0.717, 1.165) is 0 Å². The summed E-state index contributed by atoms with van der Waals surface area (Å²) < 4.78 is 41.3. The molecule has 0 bridgehead atoms. The number of hydrogen-bond donors (Lipinski definition) is 1. The first kappa shape index (κ1) is 14.4. The van der Waals surface area contributed by atoms with Gasteiger partial charge in [-0.25, -0.2) is 13.2 Å². The molecule has 0 aromatic heterocycles. The van der Waals surface area contributed by atoms with Gasteiger partial charge in [-0.2, -0.15) is 0 Å². The number of nitrogens with two attached hydrogens (primary N) is 1. The second kappa shape index (κ2) is 5.96. The molecule has 0 aliphatic carbocycles. The van der Waals surface area contributed by atoms with Crippen LogP contribution in [0.15, 0.2) is 36.4 Å². The van der Waals surface area contributed by atoms with Crippen molar-refractivity contribution in [2.24, 2.45) is 5.73 Å². The van der Waals surface area contributed by atoms with Crippen molar-refractivity contribution < 1.29 is 13.2 Å². The lowest BCUT2D eigenvalue weighted by Crippen LogP contribution is -2.14. The number of rotatable bonds is 4. The molecule has 2 rings (SSSR count). The summed E-state index contributed by atoms with van der Waals surface area (Å²) in [7, 11) is 1.48. The third kappa shape index (κ3) is 2.93. The van der Waals surface area contributed by atoms with Crippen molar-refractivity contribution in [1.29, 1.82) is 0 Å². The third-order valence-corrected chi connectivity index (χ3v) is 3.04. The molecule has 0 spiro atoms. The molecule has 0 aliphatic rings. The van der Waals surface area contributed by atoms with E-state index in [1.165, 1.54) is 42.3 Å². The molecule has 0 heterocycles. The van der Waals surface area contributed by atoms with Crippen LogP contribution in [0.25, 0.3) is 0 Å². The standard InChI is InChI=1S/C15H15F3N2/c1-20(12-4-2-3-11(16)9-12)15-13(17)7-10(5-6-19)8-14(15)18/h2-4,7-9H,5-6,19H2,1H3. The zero-order valence-electron chi connectivity index (χ0n) is 11.0. The molecule has 0 saturated heterocycles. The molecule has 0 aliphatic heterocycles. The number of hydrogen-bond acceptors (Lipinski definition) is 2. The summed E-state index contributed by atoms with van der Waals surface area (Å²) in [6.45, 7) is 0.317. The van der Waals surface area contributed by atoms with E-state index in [0.29, 0.717) is 24.2 Å². The van der Waals surface area contributed by atoms with Crippen molar-refractivity contribution in [1.82, 2.24) is 0 Å². The highest BCUT2D eigenvalue weighted by molar-refractivity contribution is 5.64. The van der Waals surface area contributed by atoms with E-state index < -0.39 is 17.5 Å². The average molecular weight is 280 g/mol. The lowest BCUT2D eigenvalue weighted by Gasteiger charge is -2.21. The molecule has 2 aromatic rings. The fourth-order valence-corrected chi connectivity index (χ4v) is 2.06. The first-order chi connectivity index (χ1) is 9.52. The summed E-state index contributed by atoms with van der Waals surface area (Å²) in [5.41, 5.74) is 6.03. The van der Waals surface area contributed by atoms with Crippen molar-refractivity contribution in [3.05, 3.63) is 59.4 Å². The monoisotopic (exact) mass is 280 g/mol. The molecular formula is C15H15F3N2. The van der Waals surface area contributed by atoms with Crippen LogP contribution in [0.3, 0.4) is 0 Å². The highest BCUT2D eigenvalue weighted by Crippen LogP contribution is 2.30. The Morgan fingerprint density at radius 3 is 2.25 bits per heavy atom. The van der Waals surface area contributed by atoms with Crippen LogP contribution >= 0.6 is 0 Å². The van der Waals surface area contributed by atoms with Crippen LogP contribution in [0.2, 0.25) is 0 Å². The van der Waals surface area contributed by atoms with Gasteiger partial charge in [0.15, 0.2) is 0 Å². The highest BCUT2D eigenvalue weighted by Gasteiger charge is 2.16. The zero-order chi connectivity index (χ0) is 14.7. The van der Waals surface area contributed by atoms with Crippen molar-refractivity contribution in [3.8, 4) is 0 Å². The van der Waals surface area contributed by atoms with Gasteiger partial charge in [0.05, 0.1) is 0 Å². The van der Waals surface area contributed by atoms with Crippen LogP contribution in [0.1, 0.15) is 5.56 Å². The van der Waals surface area contributed by atoms with Gasteiger partial charge < -0.3 is 10.6 Å². The Morgan fingerprint density at radius 2 is 1.70 bits per heavy atom. The van der Waals surface area contributed by atoms with E-state index in [1.54, 1.807) is 6.07 Å². The van der Waals surface area contributed by atoms with Crippen LogP contribution in [0.5, 0.6) is 0 Å². The summed E-state index contributed by atoms with van der Waals surface area (Å²) in [6.07, 6.45) is 0.401.